The summed E-state index contributed by atoms with van der Waals surface area (Å²) in [7, 11) is 0. The Labute approximate surface area is 139 Å². The molecular weight excluding hydrogens is 312 g/mol. The van der Waals surface area contributed by atoms with Crippen LogP contribution in [0.4, 0.5) is 4.79 Å². The average Bonchev–Trinajstić information content (AvgIpc) is 2.58. The number of carbonyl (C=O) groups excluding carboxylic acids is 1. The zero-order chi connectivity index (χ0) is 16.5. The summed E-state index contributed by atoms with van der Waals surface area (Å²) in [6.45, 7) is 0.372. The standard InChI is InChI=1S/C18H13ClN2O2/c19-17-11-14(8-9-16(17)12-20)7-4-10-21-18(22)23-13-15-5-2-1-3-6-15/h1-3,5-6,8-9,11H,10,13H2,(H,21,22). The highest BCUT2D eigenvalue weighted by Gasteiger charge is 2.01. The Hall–Kier alpha value is -2.95. The van der Waals surface area contributed by atoms with Crippen molar-refractivity contribution in [3.05, 3.63) is 70.2 Å². The molecule has 0 aliphatic rings. The summed E-state index contributed by atoms with van der Waals surface area (Å²) in [5, 5.41) is 11.7. The van der Waals surface area contributed by atoms with Gasteiger partial charge in [-0.2, -0.15) is 5.26 Å². The maximum atomic E-state index is 11.5. The van der Waals surface area contributed by atoms with Gasteiger partial charge in [0.05, 0.1) is 17.1 Å². The molecule has 0 bridgehead atoms. The number of hydrogen-bond acceptors (Lipinski definition) is 3. The summed E-state index contributed by atoms with van der Waals surface area (Å²) in [6.07, 6.45) is -0.527. The summed E-state index contributed by atoms with van der Waals surface area (Å²) in [6, 6.07) is 16.3. The van der Waals surface area contributed by atoms with Crippen molar-refractivity contribution in [3.8, 4) is 17.9 Å². The molecular formula is C18H13ClN2O2. The Morgan fingerprint density at radius 2 is 2.00 bits per heavy atom. The van der Waals surface area contributed by atoms with Crippen molar-refractivity contribution in [2.45, 2.75) is 6.61 Å². The van der Waals surface area contributed by atoms with E-state index in [-0.39, 0.29) is 13.2 Å². The Bertz CT molecular complexity index is 786. The van der Waals surface area contributed by atoms with Crippen molar-refractivity contribution in [1.29, 1.82) is 5.26 Å². The van der Waals surface area contributed by atoms with Gasteiger partial charge in [0.1, 0.15) is 12.7 Å². The Morgan fingerprint density at radius 3 is 2.70 bits per heavy atom. The molecule has 1 amide bonds. The lowest BCUT2D eigenvalue weighted by Gasteiger charge is -2.04. The fourth-order valence-corrected chi connectivity index (χ4v) is 1.94. The van der Waals surface area contributed by atoms with Crippen LogP contribution in [0.15, 0.2) is 48.5 Å². The lowest BCUT2D eigenvalue weighted by atomic mass is 10.1. The average molecular weight is 325 g/mol. The Morgan fingerprint density at radius 1 is 1.22 bits per heavy atom. The van der Waals surface area contributed by atoms with E-state index in [1.807, 2.05) is 36.4 Å². The molecule has 0 aromatic heterocycles. The van der Waals surface area contributed by atoms with Gasteiger partial charge < -0.3 is 10.1 Å². The molecule has 2 rings (SSSR count). The first kappa shape index (κ1) is 16.4. The van der Waals surface area contributed by atoms with E-state index in [1.54, 1.807) is 18.2 Å². The number of nitriles is 1. The van der Waals surface area contributed by atoms with Crippen LogP contribution in [0, 0.1) is 23.2 Å². The van der Waals surface area contributed by atoms with Crippen molar-refractivity contribution >= 4 is 17.7 Å². The molecule has 23 heavy (non-hydrogen) atoms. The maximum Gasteiger partial charge on any atom is 0.408 e. The molecule has 0 unspecified atom stereocenters. The van der Waals surface area contributed by atoms with Gasteiger partial charge in [-0.15, -0.1) is 0 Å². The molecule has 2 aromatic rings. The molecule has 0 heterocycles. The van der Waals surface area contributed by atoms with Gasteiger partial charge in [-0.1, -0.05) is 53.8 Å². The van der Waals surface area contributed by atoms with E-state index < -0.39 is 6.09 Å². The van der Waals surface area contributed by atoms with Crippen molar-refractivity contribution in [1.82, 2.24) is 5.32 Å². The lowest BCUT2D eigenvalue weighted by Crippen LogP contribution is -2.24. The molecule has 0 atom stereocenters. The van der Waals surface area contributed by atoms with Crippen LogP contribution in [0.25, 0.3) is 0 Å². The molecule has 0 spiro atoms. The molecule has 0 aliphatic heterocycles. The molecule has 1 N–H and O–H groups in total. The minimum Gasteiger partial charge on any atom is -0.445 e. The van der Waals surface area contributed by atoms with Gasteiger partial charge in [0.25, 0.3) is 0 Å². The van der Waals surface area contributed by atoms with E-state index in [0.29, 0.717) is 16.1 Å². The fourth-order valence-electron chi connectivity index (χ4n) is 1.72. The van der Waals surface area contributed by atoms with Crippen molar-refractivity contribution < 1.29 is 9.53 Å². The molecule has 4 nitrogen and oxygen atoms in total. The topological polar surface area (TPSA) is 62.1 Å². The molecule has 2 aromatic carbocycles. The van der Waals surface area contributed by atoms with Crippen LogP contribution in [0.5, 0.6) is 0 Å². The second kappa shape index (κ2) is 8.48. The number of benzene rings is 2. The second-order valence-corrected chi connectivity index (χ2v) is 4.93. The van der Waals surface area contributed by atoms with Crippen LogP contribution >= 0.6 is 11.6 Å². The number of carbonyl (C=O) groups is 1. The predicted octanol–water partition coefficient (Wildman–Crippen LogP) is 3.49. The number of rotatable bonds is 3. The van der Waals surface area contributed by atoms with Crippen LogP contribution in [0.2, 0.25) is 5.02 Å². The third kappa shape index (κ3) is 5.39. The van der Waals surface area contributed by atoms with Gasteiger partial charge in [0.15, 0.2) is 0 Å². The number of nitrogens with one attached hydrogen (secondary N) is 1. The first-order chi connectivity index (χ1) is 11.2. The summed E-state index contributed by atoms with van der Waals surface area (Å²) in [5.74, 6) is 5.64. The van der Waals surface area contributed by atoms with E-state index in [2.05, 4.69) is 17.2 Å². The fraction of sp³-hybridized carbons (Fsp3) is 0.111. The quantitative estimate of drug-likeness (QED) is 0.879. The highest BCUT2D eigenvalue weighted by molar-refractivity contribution is 6.31. The van der Waals surface area contributed by atoms with E-state index in [1.165, 1.54) is 0 Å². The van der Waals surface area contributed by atoms with Gasteiger partial charge in [0, 0.05) is 5.56 Å². The molecule has 114 valence electrons. The predicted molar refractivity (Wildman–Crippen MR) is 87.7 cm³/mol. The number of amides is 1. The minimum absolute atomic E-state index is 0.158. The van der Waals surface area contributed by atoms with Crippen LogP contribution in [0.3, 0.4) is 0 Å². The third-order valence-corrected chi connectivity index (χ3v) is 3.17. The zero-order valence-electron chi connectivity index (χ0n) is 12.2. The summed E-state index contributed by atoms with van der Waals surface area (Å²) in [4.78, 5) is 11.5. The van der Waals surface area contributed by atoms with E-state index in [0.717, 1.165) is 5.56 Å². The second-order valence-electron chi connectivity index (χ2n) is 4.52. The molecule has 0 saturated heterocycles. The summed E-state index contributed by atoms with van der Waals surface area (Å²) >= 11 is 5.91. The molecule has 0 aliphatic carbocycles. The first-order valence-electron chi connectivity index (χ1n) is 6.82. The molecule has 0 saturated carbocycles. The third-order valence-electron chi connectivity index (χ3n) is 2.86. The molecule has 0 radical (unpaired) electrons. The van der Waals surface area contributed by atoms with Crippen molar-refractivity contribution in [3.63, 3.8) is 0 Å². The van der Waals surface area contributed by atoms with Crippen LogP contribution in [0.1, 0.15) is 16.7 Å². The molecule has 0 fully saturated rings. The Kier molecular flexibility index (Phi) is 6.06. The summed E-state index contributed by atoms with van der Waals surface area (Å²) in [5.41, 5.74) is 1.99. The van der Waals surface area contributed by atoms with Crippen LogP contribution in [-0.2, 0) is 11.3 Å². The number of hydrogen-bond donors (Lipinski definition) is 1. The number of ether oxygens (including phenoxy) is 1. The SMILES string of the molecule is N#Cc1ccc(C#CCNC(=O)OCc2ccccc2)cc1Cl. The highest BCUT2D eigenvalue weighted by Crippen LogP contribution is 2.16. The van der Waals surface area contributed by atoms with Gasteiger partial charge >= 0.3 is 6.09 Å². The largest absolute Gasteiger partial charge is 0.445 e. The van der Waals surface area contributed by atoms with E-state index in [4.69, 9.17) is 21.6 Å². The van der Waals surface area contributed by atoms with Gasteiger partial charge in [-0.05, 0) is 23.8 Å². The zero-order valence-corrected chi connectivity index (χ0v) is 12.9. The van der Waals surface area contributed by atoms with Gasteiger partial charge in [-0.3, -0.25) is 0 Å². The first-order valence-corrected chi connectivity index (χ1v) is 7.20. The summed E-state index contributed by atoms with van der Waals surface area (Å²) < 4.78 is 5.05. The van der Waals surface area contributed by atoms with E-state index in [9.17, 15) is 4.79 Å². The smallest absolute Gasteiger partial charge is 0.408 e. The monoisotopic (exact) mass is 324 g/mol. The van der Waals surface area contributed by atoms with Gasteiger partial charge in [0.2, 0.25) is 0 Å². The highest BCUT2D eigenvalue weighted by atomic mass is 35.5. The number of alkyl carbamates (subject to hydrolysis) is 1. The van der Waals surface area contributed by atoms with Crippen LogP contribution in [-0.4, -0.2) is 12.6 Å². The lowest BCUT2D eigenvalue weighted by molar-refractivity contribution is 0.141. The van der Waals surface area contributed by atoms with Crippen LogP contribution < -0.4 is 5.32 Å². The van der Waals surface area contributed by atoms with Crippen molar-refractivity contribution in [2.75, 3.05) is 6.54 Å². The normalized spacial score (nSPS) is 9.22. The number of nitrogens with zero attached hydrogens (tertiary/aromatic N) is 1. The number of halogens is 1. The maximum absolute atomic E-state index is 11.5. The van der Waals surface area contributed by atoms with Crippen molar-refractivity contribution in [2.24, 2.45) is 0 Å². The van der Waals surface area contributed by atoms with E-state index >= 15 is 0 Å². The Balaban J connectivity index is 1.78. The van der Waals surface area contributed by atoms with Gasteiger partial charge in [-0.25, -0.2) is 4.79 Å². The minimum atomic E-state index is -0.527. The molecule has 5 heteroatoms.